The van der Waals surface area contributed by atoms with Crippen molar-refractivity contribution in [3.63, 3.8) is 0 Å². The van der Waals surface area contributed by atoms with Gasteiger partial charge in [-0.05, 0) is 38.0 Å². The topological polar surface area (TPSA) is 54.9 Å². The Morgan fingerprint density at radius 2 is 2.00 bits per heavy atom. The Morgan fingerprint density at radius 1 is 1.18 bits per heavy atom. The summed E-state index contributed by atoms with van der Waals surface area (Å²) in [4.78, 5) is 4.45. The van der Waals surface area contributed by atoms with Gasteiger partial charge in [0.2, 0.25) is 0 Å². The quantitative estimate of drug-likeness (QED) is 0.613. The first-order valence-corrected chi connectivity index (χ1v) is 9.00. The van der Waals surface area contributed by atoms with Gasteiger partial charge >= 0.3 is 0 Å². The zero-order valence-electron chi connectivity index (χ0n) is 13.6. The first-order chi connectivity index (χ1) is 10.8. The third-order valence-electron chi connectivity index (χ3n) is 6.45. The predicted molar refractivity (Wildman–Crippen MR) is 86.0 cm³/mol. The first kappa shape index (κ1) is 14.8. The number of nitrogens with zero attached hydrogens (tertiary/aromatic N) is 1. The van der Waals surface area contributed by atoms with Crippen LogP contribution in [0, 0.1) is 17.3 Å². The summed E-state index contributed by atoms with van der Waals surface area (Å²) >= 11 is 0. The van der Waals surface area contributed by atoms with Gasteiger partial charge in [-0.3, -0.25) is 4.99 Å². The minimum atomic E-state index is 0.414. The maximum atomic E-state index is 6.00. The fourth-order valence-corrected chi connectivity index (χ4v) is 4.99. The number of ether oxygens (including phenoxy) is 2. The lowest BCUT2D eigenvalue weighted by molar-refractivity contribution is -0.171. The van der Waals surface area contributed by atoms with Crippen LogP contribution in [0.25, 0.3) is 0 Å². The van der Waals surface area contributed by atoms with E-state index in [1.165, 1.54) is 25.7 Å². The number of nitrogens with one attached hydrogen (secondary N) is 2. The van der Waals surface area contributed by atoms with E-state index >= 15 is 0 Å². The number of guanidine groups is 1. The van der Waals surface area contributed by atoms with Gasteiger partial charge in [-0.1, -0.05) is 6.42 Å². The van der Waals surface area contributed by atoms with Gasteiger partial charge in [0, 0.05) is 50.8 Å². The highest BCUT2D eigenvalue weighted by Crippen LogP contribution is 2.62. The van der Waals surface area contributed by atoms with Gasteiger partial charge < -0.3 is 20.1 Å². The molecule has 22 heavy (non-hydrogen) atoms. The SMILES string of the molecule is CN=C(NCC1CCOCC1)NC1C2CCOC2C12CCC2. The van der Waals surface area contributed by atoms with Crippen molar-refractivity contribution >= 4 is 5.96 Å². The maximum Gasteiger partial charge on any atom is 0.191 e. The minimum Gasteiger partial charge on any atom is -0.381 e. The number of fused-ring (bicyclic) bond motifs is 2. The Bertz CT molecular complexity index is 430. The molecule has 0 bridgehead atoms. The molecule has 5 heteroatoms. The lowest BCUT2D eigenvalue weighted by Crippen LogP contribution is -2.72. The average molecular weight is 307 g/mol. The normalized spacial score (nSPS) is 37.3. The summed E-state index contributed by atoms with van der Waals surface area (Å²) in [5.41, 5.74) is 0.414. The lowest BCUT2D eigenvalue weighted by Gasteiger charge is -2.63. The Kier molecular flexibility index (Phi) is 4.03. The maximum absolute atomic E-state index is 6.00. The van der Waals surface area contributed by atoms with Crippen LogP contribution in [0.2, 0.25) is 0 Å². The highest BCUT2D eigenvalue weighted by Gasteiger charge is 2.66. The standard InChI is InChI=1S/C17H29N3O2/c1-18-16(19-11-12-3-8-21-9-4-12)20-14-13-5-10-22-15(13)17(14)6-2-7-17/h12-15H,2-11H2,1H3,(H2,18,19,20). The van der Waals surface area contributed by atoms with Crippen LogP contribution in [-0.2, 0) is 9.47 Å². The molecule has 0 amide bonds. The van der Waals surface area contributed by atoms with Gasteiger partial charge in [-0.15, -0.1) is 0 Å². The van der Waals surface area contributed by atoms with E-state index in [0.717, 1.165) is 45.2 Å². The average Bonchev–Trinajstić information content (AvgIpc) is 2.92. The molecule has 3 atom stereocenters. The fourth-order valence-electron chi connectivity index (χ4n) is 4.99. The molecule has 1 spiro atoms. The minimum absolute atomic E-state index is 0.414. The molecule has 2 aliphatic heterocycles. The summed E-state index contributed by atoms with van der Waals surface area (Å²) in [6.45, 7) is 3.77. The van der Waals surface area contributed by atoms with Crippen LogP contribution in [0.4, 0.5) is 0 Å². The second-order valence-corrected chi connectivity index (χ2v) is 7.46. The Hall–Kier alpha value is -0.810. The van der Waals surface area contributed by atoms with Crippen LogP contribution < -0.4 is 10.6 Å². The Balaban J connectivity index is 1.32. The highest BCUT2D eigenvalue weighted by atomic mass is 16.5. The summed E-state index contributed by atoms with van der Waals surface area (Å²) in [5, 5.41) is 7.28. The molecule has 0 aromatic heterocycles. The second kappa shape index (κ2) is 6.00. The molecule has 4 rings (SSSR count). The third kappa shape index (κ3) is 2.33. The molecule has 0 radical (unpaired) electrons. The van der Waals surface area contributed by atoms with Crippen LogP contribution in [0.15, 0.2) is 4.99 Å². The fraction of sp³-hybridized carbons (Fsp3) is 0.941. The molecule has 2 heterocycles. The summed E-state index contributed by atoms with van der Waals surface area (Å²) in [6.07, 6.45) is 8.06. The summed E-state index contributed by atoms with van der Waals surface area (Å²) in [5.74, 6) is 2.39. The van der Waals surface area contributed by atoms with E-state index in [0.29, 0.717) is 29.4 Å². The molecule has 0 aromatic rings. The van der Waals surface area contributed by atoms with Gasteiger partial charge in [-0.25, -0.2) is 0 Å². The van der Waals surface area contributed by atoms with Crippen molar-refractivity contribution in [2.75, 3.05) is 33.4 Å². The number of aliphatic imine (C=N–C) groups is 1. The molecule has 4 aliphatic rings. The molecule has 0 aromatic carbocycles. The zero-order valence-corrected chi connectivity index (χ0v) is 13.6. The van der Waals surface area contributed by atoms with Gasteiger partial charge in [0.1, 0.15) is 0 Å². The molecule has 4 fully saturated rings. The van der Waals surface area contributed by atoms with Crippen molar-refractivity contribution in [1.82, 2.24) is 10.6 Å². The van der Waals surface area contributed by atoms with E-state index in [1.807, 2.05) is 7.05 Å². The van der Waals surface area contributed by atoms with Gasteiger partial charge in [-0.2, -0.15) is 0 Å². The summed E-state index contributed by atoms with van der Waals surface area (Å²) < 4.78 is 11.4. The number of hydrogen-bond donors (Lipinski definition) is 2. The van der Waals surface area contributed by atoms with Crippen LogP contribution in [0.5, 0.6) is 0 Å². The molecular weight excluding hydrogens is 278 g/mol. The first-order valence-electron chi connectivity index (χ1n) is 9.00. The van der Waals surface area contributed by atoms with Crippen LogP contribution in [0.1, 0.15) is 38.5 Å². The van der Waals surface area contributed by atoms with Crippen molar-refractivity contribution in [3.05, 3.63) is 0 Å². The van der Waals surface area contributed by atoms with Crippen LogP contribution >= 0.6 is 0 Å². The van der Waals surface area contributed by atoms with E-state index in [1.54, 1.807) is 0 Å². The Labute approximate surface area is 133 Å². The van der Waals surface area contributed by atoms with E-state index in [2.05, 4.69) is 15.6 Å². The van der Waals surface area contributed by atoms with E-state index in [-0.39, 0.29) is 0 Å². The summed E-state index contributed by atoms with van der Waals surface area (Å²) in [6, 6.07) is 0.564. The molecule has 5 nitrogen and oxygen atoms in total. The van der Waals surface area contributed by atoms with Gasteiger partial charge in [0.15, 0.2) is 5.96 Å². The monoisotopic (exact) mass is 307 g/mol. The third-order valence-corrected chi connectivity index (χ3v) is 6.45. The number of rotatable bonds is 3. The van der Waals surface area contributed by atoms with Crippen molar-refractivity contribution < 1.29 is 9.47 Å². The molecule has 3 unspecified atom stereocenters. The van der Waals surface area contributed by atoms with Crippen LogP contribution in [0.3, 0.4) is 0 Å². The van der Waals surface area contributed by atoms with Crippen molar-refractivity contribution in [2.24, 2.45) is 22.2 Å². The zero-order chi connectivity index (χ0) is 15.0. The van der Waals surface area contributed by atoms with Crippen molar-refractivity contribution in [2.45, 2.75) is 50.7 Å². The summed E-state index contributed by atoms with van der Waals surface area (Å²) in [7, 11) is 1.88. The van der Waals surface area contributed by atoms with Crippen LogP contribution in [-0.4, -0.2) is 51.5 Å². The molecule has 2 aliphatic carbocycles. The molecule has 2 N–H and O–H groups in total. The smallest absolute Gasteiger partial charge is 0.191 e. The molecular formula is C17H29N3O2. The lowest BCUT2D eigenvalue weighted by atomic mass is 9.46. The van der Waals surface area contributed by atoms with Gasteiger partial charge in [0.05, 0.1) is 6.10 Å². The van der Waals surface area contributed by atoms with Crippen molar-refractivity contribution in [1.29, 1.82) is 0 Å². The molecule has 124 valence electrons. The predicted octanol–water partition coefficient (Wildman–Crippen LogP) is 1.54. The van der Waals surface area contributed by atoms with E-state index < -0.39 is 0 Å². The molecule has 2 saturated heterocycles. The van der Waals surface area contributed by atoms with Gasteiger partial charge in [0.25, 0.3) is 0 Å². The number of hydrogen-bond acceptors (Lipinski definition) is 3. The molecule has 2 saturated carbocycles. The van der Waals surface area contributed by atoms with Crippen molar-refractivity contribution in [3.8, 4) is 0 Å². The highest BCUT2D eigenvalue weighted by molar-refractivity contribution is 5.80. The largest absolute Gasteiger partial charge is 0.381 e. The van der Waals surface area contributed by atoms with E-state index in [4.69, 9.17) is 9.47 Å². The van der Waals surface area contributed by atoms with E-state index in [9.17, 15) is 0 Å². The second-order valence-electron chi connectivity index (χ2n) is 7.46. The Morgan fingerprint density at radius 3 is 2.68 bits per heavy atom.